The fourth-order valence-corrected chi connectivity index (χ4v) is 2.57. The lowest BCUT2D eigenvalue weighted by molar-refractivity contribution is -0.122. The summed E-state index contributed by atoms with van der Waals surface area (Å²) in [6, 6.07) is 2.53. The largest absolute Gasteiger partial charge is 0.353 e. The number of nitrogens with one attached hydrogen (secondary N) is 1. The van der Waals surface area contributed by atoms with Crippen molar-refractivity contribution in [1.29, 1.82) is 0 Å². The first-order valence-corrected chi connectivity index (χ1v) is 8.40. The highest BCUT2D eigenvalue weighted by atomic mass is 32.2. The molecule has 0 aliphatic rings. The lowest BCUT2D eigenvalue weighted by atomic mass is 10.0. The molecule has 0 aliphatic carbocycles. The van der Waals surface area contributed by atoms with Crippen LogP contribution in [0.5, 0.6) is 0 Å². The Hall–Kier alpha value is -1.18. The van der Waals surface area contributed by atoms with E-state index in [0.717, 1.165) is 5.75 Å². The summed E-state index contributed by atoms with van der Waals surface area (Å²) in [4.78, 5) is 13.6. The van der Waals surface area contributed by atoms with Crippen LogP contribution in [0.4, 0.5) is 8.78 Å². The molecule has 22 heavy (non-hydrogen) atoms. The van der Waals surface area contributed by atoms with E-state index >= 15 is 0 Å². The summed E-state index contributed by atoms with van der Waals surface area (Å²) in [5, 5.41) is 2.68. The predicted octanol–water partition coefficient (Wildman–Crippen LogP) is 1.76. The zero-order chi connectivity index (χ0) is 16.7. The average molecular weight is 331 g/mol. The highest BCUT2D eigenvalue weighted by molar-refractivity contribution is 7.98. The van der Waals surface area contributed by atoms with Crippen LogP contribution in [0.15, 0.2) is 18.2 Å². The SMILES string of the molecule is CSCC[C@H](N)C(=O)NCC(c1c(F)cccc1F)N(C)C. The molecular weight excluding hydrogens is 308 g/mol. The maximum Gasteiger partial charge on any atom is 0.237 e. The second kappa shape index (κ2) is 9.07. The van der Waals surface area contributed by atoms with Crippen LogP contribution in [0.3, 0.4) is 0 Å². The molecule has 1 rings (SSSR count). The molecule has 0 bridgehead atoms. The molecule has 1 unspecified atom stereocenters. The average Bonchev–Trinajstić information content (AvgIpc) is 2.46. The molecule has 0 saturated carbocycles. The number of hydrogen-bond acceptors (Lipinski definition) is 4. The van der Waals surface area contributed by atoms with Gasteiger partial charge in [0.2, 0.25) is 5.91 Å². The Labute approximate surface area is 134 Å². The second-order valence-corrected chi connectivity index (χ2v) is 6.23. The van der Waals surface area contributed by atoms with E-state index in [1.165, 1.54) is 18.2 Å². The summed E-state index contributed by atoms with van der Waals surface area (Å²) in [5.74, 6) is -0.773. The molecule has 2 atom stereocenters. The Morgan fingerprint density at radius 2 is 1.95 bits per heavy atom. The zero-order valence-electron chi connectivity index (χ0n) is 13.1. The summed E-state index contributed by atoms with van der Waals surface area (Å²) in [5.41, 5.74) is 5.73. The van der Waals surface area contributed by atoms with E-state index in [1.807, 2.05) is 6.26 Å². The van der Waals surface area contributed by atoms with Gasteiger partial charge in [0.1, 0.15) is 11.6 Å². The van der Waals surface area contributed by atoms with Gasteiger partial charge in [-0.15, -0.1) is 0 Å². The monoisotopic (exact) mass is 331 g/mol. The highest BCUT2D eigenvalue weighted by Gasteiger charge is 2.23. The molecule has 1 amide bonds. The maximum atomic E-state index is 13.9. The van der Waals surface area contributed by atoms with Crippen molar-refractivity contribution in [2.24, 2.45) is 5.73 Å². The minimum absolute atomic E-state index is 0.0505. The van der Waals surface area contributed by atoms with Crippen LogP contribution in [0.2, 0.25) is 0 Å². The van der Waals surface area contributed by atoms with Gasteiger partial charge in [-0.2, -0.15) is 11.8 Å². The minimum atomic E-state index is -0.625. The zero-order valence-corrected chi connectivity index (χ0v) is 13.9. The molecule has 124 valence electrons. The summed E-state index contributed by atoms with van der Waals surface area (Å²) in [7, 11) is 3.41. The Bertz CT molecular complexity index is 479. The number of amides is 1. The van der Waals surface area contributed by atoms with Crippen LogP contribution in [-0.4, -0.2) is 49.5 Å². The summed E-state index contributed by atoms with van der Waals surface area (Å²) in [6.07, 6.45) is 2.50. The second-order valence-electron chi connectivity index (χ2n) is 5.25. The number of thioether (sulfide) groups is 1. The molecule has 0 fully saturated rings. The fourth-order valence-electron chi connectivity index (χ4n) is 2.08. The third-order valence-corrected chi connectivity index (χ3v) is 4.04. The number of carbonyl (C=O) groups excluding carboxylic acids is 1. The highest BCUT2D eigenvalue weighted by Crippen LogP contribution is 2.23. The normalized spacial score (nSPS) is 14.0. The van der Waals surface area contributed by atoms with Crippen LogP contribution < -0.4 is 11.1 Å². The summed E-state index contributed by atoms with van der Waals surface area (Å²) >= 11 is 1.61. The summed E-state index contributed by atoms with van der Waals surface area (Å²) in [6.45, 7) is 0.0939. The molecule has 0 aliphatic heterocycles. The lowest BCUT2D eigenvalue weighted by Gasteiger charge is -2.26. The Morgan fingerprint density at radius 3 is 2.45 bits per heavy atom. The van der Waals surface area contributed by atoms with Crippen LogP contribution in [-0.2, 0) is 4.79 Å². The van der Waals surface area contributed by atoms with Crippen molar-refractivity contribution < 1.29 is 13.6 Å². The van der Waals surface area contributed by atoms with Gasteiger partial charge < -0.3 is 16.0 Å². The van der Waals surface area contributed by atoms with Crippen molar-refractivity contribution in [3.63, 3.8) is 0 Å². The standard InChI is InChI=1S/C15H23F2N3OS/c1-20(2)13(14-10(16)5-4-6-11(14)17)9-19-15(21)12(18)7-8-22-3/h4-6,12-13H,7-9,18H2,1-3H3,(H,19,21)/t12-,13?/m0/s1. The van der Waals surface area contributed by atoms with Crippen molar-refractivity contribution in [2.75, 3.05) is 32.6 Å². The number of rotatable bonds is 8. The van der Waals surface area contributed by atoms with E-state index in [-0.39, 0.29) is 18.0 Å². The maximum absolute atomic E-state index is 13.9. The van der Waals surface area contributed by atoms with Crippen molar-refractivity contribution in [3.05, 3.63) is 35.4 Å². The van der Waals surface area contributed by atoms with Gasteiger partial charge >= 0.3 is 0 Å². The molecule has 0 heterocycles. The Balaban J connectivity index is 2.76. The van der Waals surface area contributed by atoms with E-state index in [1.54, 1.807) is 30.8 Å². The molecular formula is C15H23F2N3OS. The van der Waals surface area contributed by atoms with Crippen LogP contribution in [0.25, 0.3) is 0 Å². The molecule has 0 aromatic heterocycles. The predicted molar refractivity (Wildman–Crippen MR) is 86.8 cm³/mol. The van der Waals surface area contributed by atoms with Gasteiger partial charge in [-0.1, -0.05) is 6.07 Å². The van der Waals surface area contributed by atoms with E-state index in [0.29, 0.717) is 6.42 Å². The first kappa shape index (κ1) is 18.9. The first-order chi connectivity index (χ1) is 10.4. The Kier molecular flexibility index (Phi) is 7.78. The number of nitrogens with zero attached hydrogens (tertiary/aromatic N) is 1. The van der Waals surface area contributed by atoms with Crippen molar-refractivity contribution in [3.8, 4) is 0 Å². The van der Waals surface area contributed by atoms with Gasteiger partial charge in [-0.25, -0.2) is 8.78 Å². The molecule has 0 spiro atoms. The van der Waals surface area contributed by atoms with Crippen LogP contribution in [0.1, 0.15) is 18.0 Å². The number of hydrogen-bond donors (Lipinski definition) is 2. The number of nitrogens with two attached hydrogens (primary N) is 1. The number of benzene rings is 1. The fraction of sp³-hybridized carbons (Fsp3) is 0.533. The molecule has 0 saturated heterocycles. The van der Waals surface area contributed by atoms with Crippen molar-refractivity contribution >= 4 is 17.7 Å². The quantitative estimate of drug-likeness (QED) is 0.762. The van der Waals surface area contributed by atoms with E-state index in [9.17, 15) is 13.6 Å². The Morgan fingerprint density at radius 1 is 1.36 bits per heavy atom. The van der Waals surface area contributed by atoms with E-state index in [2.05, 4.69) is 5.32 Å². The van der Waals surface area contributed by atoms with Crippen LogP contribution in [0, 0.1) is 11.6 Å². The molecule has 1 aromatic carbocycles. The van der Waals surface area contributed by atoms with E-state index < -0.39 is 23.7 Å². The van der Waals surface area contributed by atoms with Gasteiger partial charge in [0, 0.05) is 12.1 Å². The van der Waals surface area contributed by atoms with Crippen molar-refractivity contribution in [2.45, 2.75) is 18.5 Å². The minimum Gasteiger partial charge on any atom is -0.353 e. The molecule has 1 aromatic rings. The lowest BCUT2D eigenvalue weighted by Crippen LogP contribution is -2.44. The molecule has 4 nitrogen and oxygen atoms in total. The van der Waals surface area contributed by atoms with Gasteiger partial charge in [0.15, 0.2) is 0 Å². The number of halogens is 2. The van der Waals surface area contributed by atoms with Crippen LogP contribution >= 0.6 is 11.8 Å². The smallest absolute Gasteiger partial charge is 0.237 e. The molecule has 0 radical (unpaired) electrons. The summed E-state index contributed by atoms with van der Waals surface area (Å²) < 4.78 is 27.8. The van der Waals surface area contributed by atoms with Crippen molar-refractivity contribution in [1.82, 2.24) is 10.2 Å². The third kappa shape index (κ3) is 5.23. The first-order valence-electron chi connectivity index (χ1n) is 7.01. The number of likely N-dealkylation sites (N-methyl/N-ethyl adjacent to an activating group) is 1. The topological polar surface area (TPSA) is 58.4 Å². The van der Waals surface area contributed by atoms with Gasteiger partial charge in [0.05, 0.1) is 12.1 Å². The van der Waals surface area contributed by atoms with Gasteiger partial charge in [-0.05, 0) is 44.7 Å². The molecule has 3 N–H and O–H groups in total. The van der Waals surface area contributed by atoms with Gasteiger partial charge in [-0.3, -0.25) is 4.79 Å². The number of carbonyl (C=O) groups is 1. The van der Waals surface area contributed by atoms with E-state index in [4.69, 9.17) is 5.73 Å². The molecule has 7 heteroatoms. The van der Waals surface area contributed by atoms with Gasteiger partial charge in [0.25, 0.3) is 0 Å². The third-order valence-electron chi connectivity index (χ3n) is 3.40.